The number of hydrogen-bond acceptors (Lipinski definition) is 2. The van der Waals surface area contributed by atoms with E-state index in [2.05, 4.69) is 11.4 Å². The van der Waals surface area contributed by atoms with Crippen LogP contribution < -0.4 is 10.2 Å². The number of hydrogen-bond donors (Lipinski definition) is 1. The first kappa shape index (κ1) is 11.8. The van der Waals surface area contributed by atoms with Crippen LogP contribution in [0.15, 0.2) is 48.5 Å². The molecule has 19 heavy (non-hydrogen) atoms. The van der Waals surface area contributed by atoms with Gasteiger partial charge in [-0.3, -0.25) is 4.79 Å². The number of carbonyl (C=O) groups is 1. The number of carbonyl (C=O) groups excluding carboxylic acids is 1. The van der Waals surface area contributed by atoms with Crippen LogP contribution in [0, 0.1) is 0 Å². The Morgan fingerprint density at radius 3 is 2.58 bits per heavy atom. The first-order chi connectivity index (χ1) is 9.29. The van der Waals surface area contributed by atoms with Crippen LogP contribution in [0.1, 0.15) is 15.9 Å². The maximum absolute atomic E-state index is 12.5. The zero-order chi connectivity index (χ0) is 13.2. The minimum absolute atomic E-state index is 0.0765. The maximum Gasteiger partial charge on any atom is 0.258 e. The zero-order valence-electron chi connectivity index (χ0n) is 10.9. The Balaban J connectivity index is 1.89. The molecule has 0 saturated heterocycles. The molecule has 1 aliphatic rings. The van der Waals surface area contributed by atoms with Gasteiger partial charge in [0.05, 0.1) is 0 Å². The van der Waals surface area contributed by atoms with Gasteiger partial charge in [0.15, 0.2) is 0 Å². The van der Waals surface area contributed by atoms with E-state index in [-0.39, 0.29) is 5.91 Å². The molecule has 3 nitrogen and oxygen atoms in total. The summed E-state index contributed by atoms with van der Waals surface area (Å²) < 4.78 is 0. The summed E-state index contributed by atoms with van der Waals surface area (Å²) in [5, 5.41) is 3.05. The molecule has 0 aliphatic carbocycles. The highest BCUT2D eigenvalue weighted by molar-refractivity contribution is 6.07. The number of fused-ring (bicyclic) bond motifs is 1. The van der Waals surface area contributed by atoms with Crippen molar-refractivity contribution in [1.82, 2.24) is 0 Å². The van der Waals surface area contributed by atoms with Crippen molar-refractivity contribution < 1.29 is 4.79 Å². The van der Waals surface area contributed by atoms with Gasteiger partial charge in [0.25, 0.3) is 5.91 Å². The molecule has 0 fully saturated rings. The molecule has 0 unspecified atom stereocenters. The molecule has 0 radical (unpaired) electrons. The van der Waals surface area contributed by atoms with Crippen molar-refractivity contribution in [3.05, 3.63) is 59.7 Å². The summed E-state index contributed by atoms with van der Waals surface area (Å²) in [5.41, 5.74) is 4.04. The highest BCUT2D eigenvalue weighted by Gasteiger charge is 2.24. The van der Waals surface area contributed by atoms with E-state index < -0.39 is 0 Å². The first-order valence-corrected chi connectivity index (χ1v) is 6.47. The lowest BCUT2D eigenvalue weighted by Crippen LogP contribution is -2.28. The van der Waals surface area contributed by atoms with E-state index in [4.69, 9.17) is 0 Å². The van der Waals surface area contributed by atoms with Crippen LogP contribution in [0.4, 0.5) is 11.4 Å². The summed E-state index contributed by atoms with van der Waals surface area (Å²) in [6.07, 6.45) is 0.941. The van der Waals surface area contributed by atoms with Gasteiger partial charge in [0.1, 0.15) is 0 Å². The van der Waals surface area contributed by atoms with Gasteiger partial charge in [-0.05, 0) is 42.3 Å². The second kappa shape index (κ2) is 4.76. The third kappa shape index (κ3) is 2.08. The lowest BCUT2D eigenvalue weighted by atomic mass is 10.1. The number of nitrogens with zero attached hydrogens (tertiary/aromatic N) is 1. The lowest BCUT2D eigenvalue weighted by molar-refractivity contribution is 0.0989. The van der Waals surface area contributed by atoms with E-state index in [1.807, 2.05) is 54.4 Å². The monoisotopic (exact) mass is 252 g/mol. The van der Waals surface area contributed by atoms with E-state index in [9.17, 15) is 4.79 Å². The van der Waals surface area contributed by atoms with E-state index in [0.29, 0.717) is 0 Å². The van der Waals surface area contributed by atoms with Crippen LogP contribution in [-0.2, 0) is 6.42 Å². The molecular formula is C16H16N2O. The first-order valence-electron chi connectivity index (χ1n) is 6.47. The van der Waals surface area contributed by atoms with E-state index in [1.165, 1.54) is 5.56 Å². The Morgan fingerprint density at radius 2 is 1.84 bits per heavy atom. The van der Waals surface area contributed by atoms with Crippen molar-refractivity contribution in [3.8, 4) is 0 Å². The van der Waals surface area contributed by atoms with Gasteiger partial charge in [-0.15, -0.1) is 0 Å². The molecule has 1 aliphatic heterocycles. The minimum Gasteiger partial charge on any atom is -0.388 e. The minimum atomic E-state index is 0.0765. The molecule has 3 rings (SSSR count). The second-order valence-electron chi connectivity index (χ2n) is 4.66. The fraction of sp³-hybridized carbons (Fsp3) is 0.188. The van der Waals surface area contributed by atoms with E-state index >= 15 is 0 Å². The normalized spacial score (nSPS) is 13.2. The number of amides is 1. The highest BCUT2D eigenvalue weighted by Crippen LogP contribution is 2.28. The zero-order valence-corrected chi connectivity index (χ0v) is 10.9. The average molecular weight is 252 g/mol. The maximum atomic E-state index is 12.5. The molecule has 96 valence electrons. The number of rotatable bonds is 2. The topological polar surface area (TPSA) is 32.3 Å². The summed E-state index contributed by atoms with van der Waals surface area (Å²) in [7, 11) is 1.87. The third-order valence-corrected chi connectivity index (χ3v) is 3.55. The highest BCUT2D eigenvalue weighted by atomic mass is 16.2. The van der Waals surface area contributed by atoms with Crippen molar-refractivity contribution in [2.45, 2.75) is 6.42 Å². The summed E-state index contributed by atoms with van der Waals surface area (Å²) in [5.74, 6) is 0.0765. The molecule has 0 bridgehead atoms. The smallest absolute Gasteiger partial charge is 0.258 e. The molecule has 2 aromatic carbocycles. The van der Waals surface area contributed by atoms with Crippen LogP contribution in [0.5, 0.6) is 0 Å². The summed E-state index contributed by atoms with van der Waals surface area (Å²) in [4.78, 5) is 14.4. The van der Waals surface area contributed by atoms with Crippen molar-refractivity contribution >= 4 is 17.3 Å². The van der Waals surface area contributed by atoms with Gasteiger partial charge < -0.3 is 10.2 Å². The Morgan fingerprint density at radius 1 is 1.11 bits per heavy atom. The molecule has 0 spiro atoms. The number of benzene rings is 2. The second-order valence-corrected chi connectivity index (χ2v) is 4.66. The molecule has 1 amide bonds. The molecule has 1 N–H and O–H groups in total. The summed E-state index contributed by atoms with van der Waals surface area (Å²) in [6.45, 7) is 0.770. The quantitative estimate of drug-likeness (QED) is 0.891. The van der Waals surface area contributed by atoms with Crippen LogP contribution in [0.25, 0.3) is 0 Å². The van der Waals surface area contributed by atoms with Crippen LogP contribution in [0.2, 0.25) is 0 Å². The van der Waals surface area contributed by atoms with Crippen molar-refractivity contribution in [2.75, 3.05) is 23.8 Å². The lowest BCUT2D eigenvalue weighted by Gasteiger charge is -2.17. The predicted molar refractivity (Wildman–Crippen MR) is 77.8 cm³/mol. The Bertz CT molecular complexity index is 604. The molecule has 0 saturated carbocycles. The van der Waals surface area contributed by atoms with Gasteiger partial charge in [-0.1, -0.05) is 18.2 Å². The van der Waals surface area contributed by atoms with Gasteiger partial charge >= 0.3 is 0 Å². The molecule has 3 heteroatoms. The van der Waals surface area contributed by atoms with E-state index in [0.717, 1.165) is 29.9 Å². The molecule has 1 heterocycles. The fourth-order valence-electron chi connectivity index (χ4n) is 2.48. The molecule has 0 aromatic heterocycles. The number of nitrogens with one attached hydrogen (secondary N) is 1. The van der Waals surface area contributed by atoms with E-state index in [1.54, 1.807) is 0 Å². The van der Waals surface area contributed by atoms with Crippen molar-refractivity contribution in [3.63, 3.8) is 0 Å². The predicted octanol–water partition coefficient (Wildman–Crippen LogP) is 2.93. The third-order valence-electron chi connectivity index (χ3n) is 3.55. The van der Waals surface area contributed by atoms with Gasteiger partial charge in [0, 0.05) is 30.5 Å². The van der Waals surface area contributed by atoms with Gasteiger partial charge in [-0.2, -0.15) is 0 Å². The van der Waals surface area contributed by atoms with Crippen LogP contribution in [-0.4, -0.2) is 19.5 Å². The Kier molecular flexibility index (Phi) is 2.95. The molecule has 0 atom stereocenters. The SMILES string of the molecule is CNc1ccc(C(=O)N2CCc3ccccc32)cc1. The summed E-state index contributed by atoms with van der Waals surface area (Å²) >= 11 is 0. The van der Waals surface area contributed by atoms with Gasteiger partial charge in [-0.25, -0.2) is 0 Å². The molecule has 2 aromatic rings. The fourth-order valence-corrected chi connectivity index (χ4v) is 2.48. The largest absolute Gasteiger partial charge is 0.388 e. The van der Waals surface area contributed by atoms with Crippen LogP contribution >= 0.6 is 0 Å². The average Bonchev–Trinajstić information content (AvgIpc) is 2.90. The molecular weight excluding hydrogens is 236 g/mol. The van der Waals surface area contributed by atoms with Crippen molar-refractivity contribution in [2.24, 2.45) is 0 Å². The number of para-hydroxylation sites is 1. The number of anilines is 2. The van der Waals surface area contributed by atoms with Crippen LogP contribution in [0.3, 0.4) is 0 Å². The Labute approximate surface area is 112 Å². The van der Waals surface area contributed by atoms with Crippen molar-refractivity contribution in [1.29, 1.82) is 0 Å². The van der Waals surface area contributed by atoms with Gasteiger partial charge in [0.2, 0.25) is 0 Å². The standard InChI is InChI=1S/C16H16N2O/c1-17-14-8-6-13(7-9-14)16(19)18-11-10-12-4-2-3-5-15(12)18/h2-9,17H,10-11H2,1H3. The Hall–Kier alpha value is -2.29. The summed E-state index contributed by atoms with van der Waals surface area (Å²) in [6, 6.07) is 15.7.